The van der Waals surface area contributed by atoms with E-state index in [4.69, 9.17) is 14.2 Å². The van der Waals surface area contributed by atoms with Crippen molar-refractivity contribution in [1.82, 2.24) is 0 Å². The molecule has 0 saturated carbocycles. The van der Waals surface area contributed by atoms with Gasteiger partial charge in [-0.2, -0.15) is 0 Å². The maximum atomic E-state index is 11.0. The predicted molar refractivity (Wildman–Crippen MR) is 95.7 cm³/mol. The van der Waals surface area contributed by atoms with E-state index in [1.54, 1.807) is 7.11 Å². The zero-order valence-electron chi connectivity index (χ0n) is 15.3. The molecule has 0 aliphatic heterocycles. The molecule has 5 nitrogen and oxygen atoms in total. The second kappa shape index (κ2) is 13.4. The second-order valence-corrected chi connectivity index (χ2v) is 5.72. The van der Waals surface area contributed by atoms with Gasteiger partial charge >= 0.3 is 5.97 Å². The van der Waals surface area contributed by atoms with Crippen molar-refractivity contribution in [3.05, 3.63) is 35.9 Å². The molecule has 0 amide bonds. The van der Waals surface area contributed by atoms with Crippen LogP contribution in [0.15, 0.2) is 30.3 Å². The van der Waals surface area contributed by atoms with Crippen LogP contribution in [0.25, 0.3) is 0 Å². The smallest absolute Gasteiger partial charge is 0.384 e. The second-order valence-electron chi connectivity index (χ2n) is 5.72. The summed E-state index contributed by atoms with van der Waals surface area (Å²) in [5.74, 6) is 4.76. The Morgan fingerprint density at radius 1 is 1.16 bits per heavy atom. The molecule has 5 heteroatoms. The number of unbranched alkanes of at least 4 members (excludes halogenated alkanes) is 1. The van der Waals surface area contributed by atoms with Crippen molar-refractivity contribution >= 4 is 5.97 Å². The molecule has 1 aromatic carbocycles. The highest BCUT2D eigenvalue weighted by Crippen LogP contribution is 2.15. The monoisotopic (exact) mass is 348 g/mol. The Hall–Kier alpha value is -1.87. The summed E-state index contributed by atoms with van der Waals surface area (Å²) >= 11 is 0. The predicted octanol–water partition coefficient (Wildman–Crippen LogP) is 3.32. The highest BCUT2D eigenvalue weighted by molar-refractivity contribution is 5.88. The molecule has 0 fully saturated rings. The summed E-state index contributed by atoms with van der Waals surface area (Å²) in [6.45, 7) is 2.85. The molecule has 2 atom stereocenters. The first-order valence-electron chi connectivity index (χ1n) is 8.48. The lowest BCUT2D eigenvalue weighted by Gasteiger charge is -2.21. The molecule has 0 aliphatic rings. The average Bonchev–Trinajstić information content (AvgIpc) is 2.64. The van der Waals surface area contributed by atoms with Gasteiger partial charge in [-0.15, -0.1) is 0 Å². The molecule has 0 unspecified atom stereocenters. The van der Waals surface area contributed by atoms with E-state index in [9.17, 15) is 4.79 Å². The number of methoxy groups -OCH3 is 2. The fourth-order valence-corrected chi connectivity index (χ4v) is 2.28. The van der Waals surface area contributed by atoms with Gasteiger partial charge in [0, 0.05) is 19.5 Å². The molecule has 0 spiro atoms. The summed E-state index contributed by atoms with van der Waals surface area (Å²) in [5, 5.41) is 0. The zero-order chi connectivity index (χ0) is 18.3. The van der Waals surface area contributed by atoms with Gasteiger partial charge in [0.25, 0.3) is 0 Å². The van der Waals surface area contributed by atoms with Crippen molar-refractivity contribution in [1.29, 1.82) is 0 Å². The van der Waals surface area contributed by atoms with E-state index in [1.165, 1.54) is 7.11 Å². The molecule has 0 aliphatic carbocycles. The number of rotatable bonds is 11. The Balaban J connectivity index is 2.45. The third-order valence-corrected chi connectivity index (χ3v) is 3.60. The summed E-state index contributed by atoms with van der Waals surface area (Å²) in [6, 6.07) is 10.1. The van der Waals surface area contributed by atoms with Crippen LogP contribution >= 0.6 is 0 Å². The molecule has 1 aromatic rings. The minimum Gasteiger partial charge on any atom is -0.459 e. The topological polar surface area (TPSA) is 54.0 Å². The maximum Gasteiger partial charge on any atom is 0.384 e. The summed E-state index contributed by atoms with van der Waals surface area (Å²) in [4.78, 5) is 11.0. The van der Waals surface area contributed by atoms with E-state index >= 15 is 0 Å². The summed E-state index contributed by atoms with van der Waals surface area (Å²) in [5.41, 5.74) is 1.14. The van der Waals surface area contributed by atoms with E-state index in [0.29, 0.717) is 13.0 Å². The minimum absolute atomic E-state index is 0.0434. The number of hydrogen-bond acceptors (Lipinski definition) is 5. The Morgan fingerprint density at radius 3 is 2.60 bits per heavy atom. The number of hydrogen-bond donors (Lipinski definition) is 0. The molecule has 0 N–H and O–H groups in total. The number of ether oxygens (including phenoxy) is 4. The molecule has 0 aromatic heterocycles. The average molecular weight is 348 g/mol. The highest BCUT2D eigenvalue weighted by Gasteiger charge is 2.14. The normalized spacial score (nSPS) is 12.8. The highest BCUT2D eigenvalue weighted by atomic mass is 16.7. The molecular weight excluding hydrogens is 320 g/mol. The maximum absolute atomic E-state index is 11.0. The summed E-state index contributed by atoms with van der Waals surface area (Å²) in [7, 11) is 2.93. The fraction of sp³-hybridized carbons (Fsp3) is 0.550. The lowest BCUT2D eigenvalue weighted by atomic mass is 10.1. The Kier molecular flexibility index (Phi) is 11.4. The van der Waals surface area contributed by atoms with Gasteiger partial charge < -0.3 is 18.9 Å². The van der Waals surface area contributed by atoms with Crippen LogP contribution in [0.1, 0.15) is 38.2 Å². The molecule has 138 valence electrons. The van der Waals surface area contributed by atoms with E-state index in [1.807, 2.05) is 37.3 Å². The van der Waals surface area contributed by atoms with Gasteiger partial charge in [-0.05, 0) is 31.7 Å². The molecule has 1 rings (SSSR count). The largest absolute Gasteiger partial charge is 0.459 e. The van der Waals surface area contributed by atoms with Gasteiger partial charge in [-0.3, -0.25) is 0 Å². The molecule has 0 saturated heterocycles. The third-order valence-electron chi connectivity index (χ3n) is 3.60. The third kappa shape index (κ3) is 10.6. The van der Waals surface area contributed by atoms with Crippen LogP contribution in [0, 0.1) is 11.8 Å². The number of carbonyl (C=O) groups excluding carboxylic acids is 1. The molecule has 0 radical (unpaired) electrons. The van der Waals surface area contributed by atoms with Crippen molar-refractivity contribution < 1.29 is 23.7 Å². The van der Waals surface area contributed by atoms with Crippen LogP contribution in [-0.4, -0.2) is 39.2 Å². The first kappa shape index (κ1) is 21.2. The van der Waals surface area contributed by atoms with Crippen LogP contribution < -0.4 is 0 Å². The number of benzene rings is 1. The lowest BCUT2D eigenvalue weighted by Crippen LogP contribution is -2.22. The van der Waals surface area contributed by atoms with Crippen LogP contribution in [0.3, 0.4) is 0 Å². The van der Waals surface area contributed by atoms with E-state index in [0.717, 1.165) is 24.8 Å². The van der Waals surface area contributed by atoms with E-state index < -0.39 is 5.97 Å². The van der Waals surface area contributed by atoms with Crippen LogP contribution in [0.2, 0.25) is 0 Å². The van der Waals surface area contributed by atoms with Crippen LogP contribution in [-0.2, 0) is 30.3 Å². The number of esters is 1. The Bertz CT molecular complexity index is 532. The van der Waals surface area contributed by atoms with Gasteiger partial charge in [0.15, 0.2) is 0 Å². The van der Waals surface area contributed by atoms with E-state index in [2.05, 4.69) is 16.6 Å². The standard InChI is InChI=1S/C20H28O5/c1-17(25-16-22-2)14-19(12-8-5-9-13-20(21)23-3)24-15-18-10-6-4-7-11-18/h4,6-7,10-11,17,19H,5,8,12,14-16H2,1-3H3/t17-,19+/m0/s1. The fourth-order valence-electron chi connectivity index (χ4n) is 2.28. The first-order chi connectivity index (χ1) is 12.2. The van der Waals surface area contributed by atoms with Gasteiger partial charge in [-0.1, -0.05) is 36.3 Å². The van der Waals surface area contributed by atoms with Gasteiger partial charge in [0.1, 0.15) is 6.79 Å². The zero-order valence-corrected chi connectivity index (χ0v) is 15.3. The molecule has 0 bridgehead atoms. The van der Waals surface area contributed by atoms with Crippen LogP contribution in [0.5, 0.6) is 0 Å². The Morgan fingerprint density at radius 2 is 1.92 bits per heavy atom. The van der Waals surface area contributed by atoms with Crippen molar-refractivity contribution in [2.45, 2.75) is 51.4 Å². The van der Waals surface area contributed by atoms with Crippen molar-refractivity contribution in [2.24, 2.45) is 0 Å². The van der Waals surface area contributed by atoms with Crippen molar-refractivity contribution in [2.75, 3.05) is 21.0 Å². The Labute approximate surface area is 150 Å². The van der Waals surface area contributed by atoms with Gasteiger partial charge in [0.05, 0.1) is 25.9 Å². The van der Waals surface area contributed by atoms with E-state index in [-0.39, 0.29) is 19.0 Å². The lowest BCUT2D eigenvalue weighted by molar-refractivity contribution is -0.133. The molecule has 25 heavy (non-hydrogen) atoms. The summed E-state index contributed by atoms with van der Waals surface area (Å²) < 4.78 is 21.1. The van der Waals surface area contributed by atoms with Gasteiger partial charge in [0.2, 0.25) is 0 Å². The SMILES string of the molecule is COCO[C@@H](C)C[C@@H](CCCC#CC(=O)OC)OCc1ccccc1. The quantitative estimate of drug-likeness (QED) is 0.202. The van der Waals surface area contributed by atoms with Crippen molar-refractivity contribution in [3.8, 4) is 11.8 Å². The number of carbonyl (C=O) groups is 1. The minimum atomic E-state index is -0.501. The first-order valence-corrected chi connectivity index (χ1v) is 8.48. The van der Waals surface area contributed by atoms with Crippen molar-refractivity contribution in [3.63, 3.8) is 0 Å². The summed E-state index contributed by atoms with van der Waals surface area (Å²) in [6.07, 6.45) is 3.21. The van der Waals surface area contributed by atoms with Crippen LogP contribution in [0.4, 0.5) is 0 Å². The van der Waals surface area contributed by atoms with Gasteiger partial charge in [-0.25, -0.2) is 4.79 Å². The molecular formula is C20H28O5. The molecule has 0 heterocycles.